The van der Waals surface area contributed by atoms with Crippen molar-refractivity contribution in [3.05, 3.63) is 68.1 Å². The van der Waals surface area contributed by atoms with Crippen molar-refractivity contribution < 1.29 is 4.42 Å². The molecule has 0 radical (unpaired) electrons. The van der Waals surface area contributed by atoms with Crippen molar-refractivity contribution in [1.82, 2.24) is 14.6 Å². The van der Waals surface area contributed by atoms with Crippen LogP contribution in [0.4, 0.5) is 0 Å². The van der Waals surface area contributed by atoms with E-state index in [1.54, 1.807) is 0 Å². The summed E-state index contributed by atoms with van der Waals surface area (Å²) in [6.45, 7) is 2.10. The molecule has 8 heteroatoms. The molecule has 138 valence electrons. The predicted octanol–water partition coefficient (Wildman–Crippen LogP) is 2.94. The van der Waals surface area contributed by atoms with Gasteiger partial charge in [0.05, 0.1) is 0 Å². The van der Waals surface area contributed by atoms with Crippen molar-refractivity contribution in [3.8, 4) is 22.7 Å². The molecule has 0 aliphatic rings. The van der Waals surface area contributed by atoms with Crippen LogP contribution in [0.5, 0.6) is 0 Å². The van der Waals surface area contributed by atoms with Gasteiger partial charge in [0.2, 0.25) is 0 Å². The van der Waals surface area contributed by atoms with Gasteiger partial charge in [0, 0.05) is 39.8 Å². The van der Waals surface area contributed by atoms with Crippen molar-refractivity contribution in [2.24, 2.45) is 11.5 Å². The lowest BCUT2D eigenvalue weighted by Crippen LogP contribution is -2.25. The van der Waals surface area contributed by atoms with Crippen LogP contribution in [0.25, 0.3) is 28.4 Å². The van der Waals surface area contributed by atoms with Crippen molar-refractivity contribution in [2.45, 2.75) is 20.0 Å². The highest BCUT2D eigenvalue weighted by molar-refractivity contribution is 9.10. The molecule has 0 atom stereocenters. The fourth-order valence-electron chi connectivity index (χ4n) is 3.21. The molecule has 7 nitrogen and oxygen atoms in total. The number of furan rings is 1. The molecule has 4 aromatic rings. The molecule has 5 N–H and O–H groups in total. The highest BCUT2D eigenvalue weighted by Gasteiger charge is 2.22. The third-order valence-corrected chi connectivity index (χ3v) is 5.02. The Morgan fingerprint density at radius 1 is 1.11 bits per heavy atom. The number of aromatic nitrogens is 3. The van der Waals surface area contributed by atoms with Crippen molar-refractivity contribution in [1.29, 1.82) is 0 Å². The first-order valence-corrected chi connectivity index (χ1v) is 9.22. The van der Waals surface area contributed by atoms with Crippen LogP contribution in [0.15, 0.2) is 50.1 Å². The number of halogens is 1. The minimum Gasteiger partial charge on any atom is -0.461 e. The number of hydrogen-bond donors (Lipinski definition) is 3. The molecule has 3 heterocycles. The third kappa shape index (κ3) is 2.91. The number of nitrogens with one attached hydrogen (secondary N) is 1. The second kappa shape index (κ2) is 6.80. The minimum atomic E-state index is -0.260. The number of nitrogens with two attached hydrogens (primary N) is 2. The van der Waals surface area contributed by atoms with E-state index in [0.29, 0.717) is 33.9 Å². The molecule has 1 aromatic carbocycles. The molecule has 0 fully saturated rings. The van der Waals surface area contributed by atoms with Crippen LogP contribution in [0.2, 0.25) is 0 Å². The topological polar surface area (TPSA) is 115 Å². The number of hydrogen-bond acceptors (Lipinski definition) is 5. The molecule has 27 heavy (non-hydrogen) atoms. The van der Waals surface area contributed by atoms with Crippen LogP contribution in [0.3, 0.4) is 0 Å². The third-order valence-electron chi connectivity index (χ3n) is 4.49. The van der Waals surface area contributed by atoms with E-state index in [9.17, 15) is 4.79 Å². The predicted molar refractivity (Wildman–Crippen MR) is 107 cm³/mol. The van der Waals surface area contributed by atoms with Crippen LogP contribution in [-0.4, -0.2) is 14.6 Å². The Kier molecular flexibility index (Phi) is 4.47. The number of H-pyrrole nitrogens is 1. The molecule has 0 saturated carbocycles. The summed E-state index contributed by atoms with van der Waals surface area (Å²) in [5.74, 6) is 1.89. The highest BCUT2D eigenvalue weighted by Crippen LogP contribution is 2.30. The van der Waals surface area contributed by atoms with Gasteiger partial charge in [-0.3, -0.25) is 9.89 Å². The van der Waals surface area contributed by atoms with Crippen LogP contribution < -0.4 is 17.0 Å². The van der Waals surface area contributed by atoms with Crippen LogP contribution >= 0.6 is 15.9 Å². The zero-order valence-corrected chi connectivity index (χ0v) is 16.2. The van der Waals surface area contributed by atoms with Gasteiger partial charge in [0.15, 0.2) is 11.5 Å². The zero-order valence-electron chi connectivity index (χ0n) is 14.6. The fraction of sp³-hybridized carbons (Fsp3) is 0.158. The number of aryl methyl sites for hydroxylation is 1. The summed E-state index contributed by atoms with van der Waals surface area (Å²) in [5.41, 5.74) is 14.8. The van der Waals surface area contributed by atoms with Crippen LogP contribution in [-0.2, 0) is 13.1 Å². The lowest BCUT2D eigenvalue weighted by molar-refractivity contribution is 0.546. The van der Waals surface area contributed by atoms with Gasteiger partial charge in [0.25, 0.3) is 5.56 Å². The summed E-state index contributed by atoms with van der Waals surface area (Å²) in [6.07, 6.45) is 0. The van der Waals surface area contributed by atoms with Crippen LogP contribution in [0.1, 0.15) is 16.9 Å². The lowest BCUT2D eigenvalue weighted by atomic mass is 10.0. The summed E-state index contributed by atoms with van der Waals surface area (Å²) in [7, 11) is 0. The Labute approximate surface area is 163 Å². The largest absolute Gasteiger partial charge is 0.461 e. The molecule has 0 aliphatic carbocycles. The van der Waals surface area contributed by atoms with Gasteiger partial charge in [-0.05, 0) is 31.2 Å². The second-order valence-electron chi connectivity index (χ2n) is 6.19. The minimum absolute atomic E-state index is 0.0660. The average molecular weight is 428 g/mol. The molecular weight excluding hydrogens is 410 g/mol. The van der Waals surface area contributed by atoms with Crippen molar-refractivity contribution in [3.63, 3.8) is 0 Å². The Bertz CT molecular complexity index is 1190. The normalized spacial score (nSPS) is 11.4. The maximum atomic E-state index is 13.0. The Hall–Kier alpha value is -2.68. The molecule has 0 amide bonds. The van der Waals surface area contributed by atoms with Gasteiger partial charge in [-0.1, -0.05) is 28.1 Å². The lowest BCUT2D eigenvalue weighted by Gasteiger charge is -2.11. The molecule has 4 rings (SSSR count). The second-order valence-corrected chi connectivity index (χ2v) is 7.11. The molecule has 0 unspecified atom stereocenters. The SMILES string of the molecule is Cc1ccc(-c2c(CN)c(=O)n3[nH]c(-c4ccc(Br)cc4)nc3c2CN)o1. The quantitative estimate of drug-likeness (QED) is 0.462. The van der Waals surface area contributed by atoms with Gasteiger partial charge in [-0.2, -0.15) is 4.52 Å². The summed E-state index contributed by atoms with van der Waals surface area (Å²) in [6, 6.07) is 11.3. The molecule has 0 bridgehead atoms. The van der Waals surface area contributed by atoms with Crippen molar-refractivity contribution in [2.75, 3.05) is 0 Å². The number of nitrogens with zero attached hydrogens (tertiary/aromatic N) is 2. The van der Waals surface area contributed by atoms with E-state index in [-0.39, 0.29) is 18.6 Å². The maximum Gasteiger partial charge on any atom is 0.276 e. The van der Waals surface area contributed by atoms with Gasteiger partial charge in [0.1, 0.15) is 11.5 Å². The number of pyridine rings is 1. The first-order valence-electron chi connectivity index (χ1n) is 8.43. The van der Waals surface area contributed by atoms with E-state index in [4.69, 9.17) is 15.9 Å². The molecule has 0 saturated heterocycles. The number of fused-ring (bicyclic) bond motifs is 1. The zero-order chi connectivity index (χ0) is 19.1. The first-order chi connectivity index (χ1) is 13.0. The van der Waals surface area contributed by atoms with E-state index >= 15 is 0 Å². The van der Waals surface area contributed by atoms with Gasteiger partial charge in [-0.15, -0.1) is 0 Å². The first kappa shape index (κ1) is 17.7. The summed E-state index contributed by atoms with van der Waals surface area (Å²) in [5, 5.41) is 3.07. The van der Waals surface area contributed by atoms with E-state index in [1.807, 2.05) is 43.3 Å². The van der Waals surface area contributed by atoms with E-state index in [2.05, 4.69) is 26.0 Å². The molecule has 0 aliphatic heterocycles. The molecule has 3 aromatic heterocycles. The monoisotopic (exact) mass is 427 g/mol. The summed E-state index contributed by atoms with van der Waals surface area (Å²) >= 11 is 3.42. The Morgan fingerprint density at radius 3 is 2.41 bits per heavy atom. The van der Waals surface area contributed by atoms with Crippen LogP contribution in [0, 0.1) is 6.92 Å². The van der Waals surface area contributed by atoms with Gasteiger partial charge in [-0.25, -0.2) is 4.98 Å². The Morgan fingerprint density at radius 2 is 1.81 bits per heavy atom. The van der Waals surface area contributed by atoms with Gasteiger partial charge < -0.3 is 15.9 Å². The standard InChI is InChI=1S/C19H18BrN5O2/c1-10-2-7-15(27-10)16-13(8-21)18-23-17(11-3-5-12(20)6-4-11)24-25(18)19(26)14(16)9-22/h2-7H,8-9,21-22H2,1H3,(H,23,24). The summed E-state index contributed by atoms with van der Waals surface area (Å²) < 4.78 is 8.13. The van der Waals surface area contributed by atoms with Crippen molar-refractivity contribution >= 4 is 21.6 Å². The maximum absolute atomic E-state index is 13.0. The van der Waals surface area contributed by atoms with E-state index < -0.39 is 0 Å². The number of aromatic amines is 1. The van der Waals surface area contributed by atoms with Gasteiger partial charge >= 0.3 is 0 Å². The average Bonchev–Trinajstić information content (AvgIpc) is 3.29. The molecular formula is C19H18BrN5O2. The highest BCUT2D eigenvalue weighted by atomic mass is 79.9. The Balaban J connectivity index is 2.04. The van der Waals surface area contributed by atoms with E-state index in [0.717, 1.165) is 15.8 Å². The smallest absolute Gasteiger partial charge is 0.276 e. The summed E-state index contributed by atoms with van der Waals surface area (Å²) in [4.78, 5) is 17.7. The fourth-order valence-corrected chi connectivity index (χ4v) is 3.48. The molecule has 0 spiro atoms. The number of benzene rings is 1. The number of rotatable bonds is 4. The van der Waals surface area contributed by atoms with E-state index in [1.165, 1.54) is 4.52 Å².